The summed E-state index contributed by atoms with van der Waals surface area (Å²) >= 11 is 0. The van der Waals surface area contributed by atoms with Gasteiger partial charge in [0.25, 0.3) is 0 Å². The van der Waals surface area contributed by atoms with Crippen molar-refractivity contribution in [3.05, 3.63) is 96.1 Å². The fourth-order valence-corrected chi connectivity index (χ4v) is 3.97. The minimum atomic E-state index is -0.372. The Balaban J connectivity index is 1.46. The largest absolute Gasteiger partial charge is 0.351 e. The highest BCUT2D eigenvalue weighted by atomic mass is 16.2. The van der Waals surface area contributed by atoms with Crippen LogP contribution < -0.4 is 10.6 Å². The van der Waals surface area contributed by atoms with E-state index in [0.717, 1.165) is 31.5 Å². The Morgan fingerprint density at radius 1 is 0.821 bits per heavy atom. The second-order valence-corrected chi connectivity index (χ2v) is 7.62. The first-order chi connectivity index (χ1) is 13.8. The van der Waals surface area contributed by atoms with E-state index in [1.54, 1.807) is 0 Å². The van der Waals surface area contributed by atoms with Crippen LogP contribution in [0.1, 0.15) is 17.5 Å². The van der Waals surface area contributed by atoms with E-state index in [0.29, 0.717) is 6.54 Å². The summed E-state index contributed by atoms with van der Waals surface area (Å²) < 4.78 is 0. The van der Waals surface area contributed by atoms with E-state index in [1.807, 2.05) is 36.4 Å². The van der Waals surface area contributed by atoms with Crippen LogP contribution in [-0.2, 0) is 17.8 Å². The van der Waals surface area contributed by atoms with Crippen LogP contribution >= 0.6 is 0 Å². The van der Waals surface area contributed by atoms with Crippen LogP contribution in [0.25, 0.3) is 11.1 Å². The van der Waals surface area contributed by atoms with Crippen molar-refractivity contribution in [3.8, 4) is 11.1 Å². The average Bonchev–Trinajstić information content (AvgIpc) is 3.24. The van der Waals surface area contributed by atoms with Crippen LogP contribution in [0.4, 0.5) is 0 Å². The Morgan fingerprint density at radius 2 is 1.46 bits per heavy atom. The summed E-state index contributed by atoms with van der Waals surface area (Å²) in [5.74, 6) is 0.147. The Labute approximate surface area is 166 Å². The lowest BCUT2D eigenvalue weighted by Gasteiger charge is -2.27. The third-order valence-corrected chi connectivity index (χ3v) is 5.62. The summed E-state index contributed by atoms with van der Waals surface area (Å²) in [6, 6.07) is 29.1. The zero-order valence-corrected chi connectivity index (χ0v) is 16.0. The maximum atomic E-state index is 13.1. The molecule has 1 aliphatic heterocycles. The van der Waals surface area contributed by atoms with E-state index in [9.17, 15) is 4.79 Å². The van der Waals surface area contributed by atoms with Crippen LogP contribution in [-0.4, -0.2) is 19.0 Å². The molecule has 3 aromatic carbocycles. The number of hydrogen-bond donors (Lipinski definition) is 2. The molecule has 1 unspecified atom stereocenters. The van der Waals surface area contributed by atoms with Gasteiger partial charge in [0.1, 0.15) is 0 Å². The molecule has 3 nitrogen and oxygen atoms in total. The lowest BCUT2D eigenvalue weighted by molar-refractivity contribution is -0.130. The Bertz CT molecular complexity index is 898. The van der Waals surface area contributed by atoms with E-state index < -0.39 is 0 Å². The molecular weight excluding hydrogens is 344 g/mol. The lowest BCUT2D eigenvalue weighted by atomic mass is 9.79. The van der Waals surface area contributed by atoms with Crippen LogP contribution in [0, 0.1) is 5.41 Å². The molecule has 1 saturated heterocycles. The van der Waals surface area contributed by atoms with E-state index in [1.165, 1.54) is 16.7 Å². The highest BCUT2D eigenvalue weighted by Crippen LogP contribution is 2.31. The van der Waals surface area contributed by atoms with Crippen molar-refractivity contribution in [3.63, 3.8) is 0 Å². The van der Waals surface area contributed by atoms with E-state index >= 15 is 0 Å². The van der Waals surface area contributed by atoms with Gasteiger partial charge in [-0.2, -0.15) is 0 Å². The molecule has 0 aliphatic carbocycles. The molecule has 0 bridgehead atoms. The van der Waals surface area contributed by atoms with Crippen molar-refractivity contribution in [2.75, 3.05) is 13.1 Å². The standard InChI is InChI=1S/C25H26N2O/c28-24(27-18-21-7-3-1-4-8-21)25(15-16-26-19-25)17-20-11-13-23(14-12-20)22-9-5-2-6-10-22/h1-14,26H,15-19H2,(H,27,28). The number of rotatable bonds is 6. The van der Waals surface area contributed by atoms with Crippen LogP contribution in [0.2, 0.25) is 0 Å². The van der Waals surface area contributed by atoms with Crippen LogP contribution in [0.15, 0.2) is 84.9 Å². The molecule has 4 rings (SSSR count). The molecule has 0 saturated carbocycles. The van der Waals surface area contributed by atoms with Gasteiger partial charge in [-0.15, -0.1) is 0 Å². The molecule has 0 radical (unpaired) electrons. The Kier molecular flexibility index (Phi) is 5.54. The molecular formula is C25H26N2O. The predicted octanol–water partition coefficient (Wildman–Crippen LogP) is 4.19. The number of benzene rings is 3. The van der Waals surface area contributed by atoms with Gasteiger partial charge in [-0.25, -0.2) is 0 Å². The molecule has 3 heteroatoms. The van der Waals surface area contributed by atoms with Crippen molar-refractivity contribution < 1.29 is 4.79 Å². The van der Waals surface area contributed by atoms with Crippen molar-refractivity contribution in [1.29, 1.82) is 0 Å². The van der Waals surface area contributed by atoms with Gasteiger partial charge < -0.3 is 10.6 Å². The number of carbonyl (C=O) groups excluding carboxylic acids is 1. The summed E-state index contributed by atoms with van der Waals surface area (Å²) in [5, 5.41) is 6.55. The Morgan fingerprint density at radius 3 is 2.11 bits per heavy atom. The lowest BCUT2D eigenvalue weighted by Crippen LogP contribution is -2.43. The molecule has 1 fully saturated rings. The molecule has 2 N–H and O–H groups in total. The van der Waals surface area contributed by atoms with Gasteiger partial charge in [-0.3, -0.25) is 4.79 Å². The second kappa shape index (κ2) is 8.41. The number of carbonyl (C=O) groups is 1. The van der Waals surface area contributed by atoms with Crippen LogP contribution in [0.5, 0.6) is 0 Å². The summed E-state index contributed by atoms with van der Waals surface area (Å²) in [5.41, 5.74) is 4.38. The highest BCUT2D eigenvalue weighted by Gasteiger charge is 2.41. The quantitative estimate of drug-likeness (QED) is 0.683. The molecule has 1 atom stereocenters. The van der Waals surface area contributed by atoms with Gasteiger partial charge >= 0.3 is 0 Å². The second-order valence-electron chi connectivity index (χ2n) is 7.62. The highest BCUT2D eigenvalue weighted by molar-refractivity contribution is 5.83. The predicted molar refractivity (Wildman–Crippen MR) is 114 cm³/mol. The first kappa shape index (κ1) is 18.5. The minimum absolute atomic E-state index is 0.147. The van der Waals surface area contributed by atoms with Gasteiger partial charge in [0.15, 0.2) is 0 Å². The third-order valence-electron chi connectivity index (χ3n) is 5.62. The molecule has 28 heavy (non-hydrogen) atoms. The van der Waals surface area contributed by atoms with Gasteiger partial charge in [0.2, 0.25) is 5.91 Å². The first-order valence-corrected chi connectivity index (χ1v) is 9.93. The fourth-order valence-electron chi connectivity index (χ4n) is 3.97. The molecule has 1 aliphatic rings. The number of nitrogens with one attached hydrogen (secondary N) is 2. The van der Waals surface area contributed by atoms with E-state index in [-0.39, 0.29) is 11.3 Å². The number of amides is 1. The van der Waals surface area contributed by atoms with Gasteiger partial charge in [-0.1, -0.05) is 84.9 Å². The minimum Gasteiger partial charge on any atom is -0.351 e. The maximum absolute atomic E-state index is 13.1. The summed E-state index contributed by atoms with van der Waals surface area (Å²) in [4.78, 5) is 13.1. The summed E-state index contributed by atoms with van der Waals surface area (Å²) in [6.07, 6.45) is 1.63. The maximum Gasteiger partial charge on any atom is 0.228 e. The van der Waals surface area contributed by atoms with Gasteiger partial charge in [-0.05, 0) is 41.6 Å². The monoisotopic (exact) mass is 370 g/mol. The van der Waals surface area contributed by atoms with Crippen LogP contribution in [0.3, 0.4) is 0 Å². The first-order valence-electron chi connectivity index (χ1n) is 9.93. The van der Waals surface area contributed by atoms with E-state index in [4.69, 9.17) is 0 Å². The van der Waals surface area contributed by atoms with Gasteiger partial charge in [0, 0.05) is 13.1 Å². The summed E-state index contributed by atoms with van der Waals surface area (Å²) in [7, 11) is 0. The summed E-state index contributed by atoms with van der Waals surface area (Å²) in [6.45, 7) is 2.20. The smallest absolute Gasteiger partial charge is 0.228 e. The normalized spacial score (nSPS) is 18.7. The van der Waals surface area contributed by atoms with Crippen molar-refractivity contribution in [1.82, 2.24) is 10.6 Å². The number of hydrogen-bond acceptors (Lipinski definition) is 2. The van der Waals surface area contributed by atoms with Crippen molar-refractivity contribution >= 4 is 5.91 Å². The Hall–Kier alpha value is -2.91. The van der Waals surface area contributed by atoms with E-state index in [2.05, 4.69) is 59.2 Å². The zero-order chi connectivity index (χ0) is 19.2. The molecule has 142 valence electrons. The molecule has 1 heterocycles. The average molecular weight is 370 g/mol. The van der Waals surface area contributed by atoms with Crippen molar-refractivity contribution in [2.45, 2.75) is 19.4 Å². The van der Waals surface area contributed by atoms with Crippen molar-refractivity contribution in [2.24, 2.45) is 5.41 Å². The molecule has 3 aromatic rings. The molecule has 1 amide bonds. The molecule has 0 spiro atoms. The third kappa shape index (κ3) is 4.15. The molecule has 0 aromatic heterocycles. The fraction of sp³-hybridized carbons (Fsp3) is 0.240. The zero-order valence-electron chi connectivity index (χ0n) is 16.0. The topological polar surface area (TPSA) is 41.1 Å². The van der Waals surface area contributed by atoms with Gasteiger partial charge in [0.05, 0.1) is 5.41 Å². The SMILES string of the molecule is O=C(NCc1ccccc1)C1(Cc2ccc(-c3ccccc3)cc2)CCNC1.